The fourth-order valence-electron chi connectivity index (χ4n) is 1.03. The van der Waals surface area contributed by atoms with Crippen molar-refractivity contribution in [1.29, 1.82) is 0 Å². The number of pyridine rings is 1. The highest BCUT2D eigenvalue weighted by molar-refractivity contribution is 5.40. The molecule has 0 amide bonds. The Labute approximate surface area is 83.0 Å². The van der Waals surface area contributed by atoms with E-state index in [9.17, 15) is 9.50 Å². The zero-order valence-electron chi connectivity index (χ0n) is 8.42. The van der Waals surface area contributed by atoms with Crippen LogP contribution in [0, 0.1) is 5.95 Å². The van der Waals surface area contributed by atoms with E-state index in [1.165, 1.54) is 12.3 Å². The summed E-state index contributed by atoms with van der Waals surface area (Å²) in [4.78, 5) is 3.44. The van der Waals surface area contributed by atoms with Gasteiger partial charge in [-0.1, -0.05) is 0 Å². The number of hydrogen-bond donors (Lipinski definition) is 2. The Balaban J connectivity index is 2.39. The molecular weight excluding hydrogens is 183 g/mol. The van der Waals surface area contributed by atoms with Gasteiger partial charge in [0, 0.05) is 24.5 Å². The predicted octanol–water partition coefficient (Wildman–Crippen LogP) is 1.79. The second-order valence-corrected chi connectivity index (χ2v) is 3.86. The first-order valence-electron chi connectivity index (χ1n) is 4.55. The molecule has 0 saturated heterocycles. The van der Waals surface area contributed by atoms with E-state index in [1.807, 2.05) is 0 Å². The molecule has 4 heteroatoms. The molecule has 2 N–H and O–H groups in total. The molecule has 0 aliphatic rings. The van der Waals surface area contributed by atoms with Crippen LogP contribution in [0.2, 0.25) is 0 Å². The minimum absolute atomic E-state index is 0.502. The van der Waals surface area contributed by atoms with Gasteiger partial charge in [-0.2, -0.15) is 4.39 Å². The molecule has 1 rings (SSSR count). The van der Waals surface area contributed by atoms with Crippen LogP contribution in [0.4, 0.5) is 10.1 Å². The van der Waals surface area contributed by atoms with E-state index in [0.29, 0.717) is 18.7 Å². The number of rotatable bonds is 4. The smallest absolute Gasteiger partial charge is 0.214 e. The van der Waals surface area contributed by atoms with Crippen LogP contribution in [0.3, 0.4) is 0 Å². The molecule has 0 aliphatic heterocycles. The van der Waals surface area contributed by atoms with Gasteiger partial charge in [-0.25, -0.2) is 4.98 Å². The van der Waals surface area contributed by atoms with Crippen LogP contribution in [0.5, 0.6) is 0 Å². The topological polar surface area (TPSA) is 45.1 Å². The van der Waals surface area contributed by atoms with Crippen LogP contribution in [0.25, 0.3) is 0 Å². The number of aliphatic hydroxyl groups is 1. The first-order valence-corrected chi connectivity index (χ1v) is 4.55. The maximum atomic E-state index is 12.6. The average Bonchev–Trinajstić information content (AvgIpc) is 2.01. The number of hydrogen-bond acceptors (Lipinski definition) is 3. The summed E-state index contributed by atoms with van der Waals surface area (Å²) in [6.07, 6.45) is 2.01. The number of nitrogens with one attached hydrogen (secondary N) is 1. The Morgan fingerprint density at radius 3 is 2.86 bits per heavy atom. The molecule has 0 bridgehead atoms. The molecule has 0 fully saturated rings. The Kier molecular flexibility index (Phi) is 3.41. The fraction of sp³-hybridized carbons (Fsp3) is 0.500. The van der Waals surface area contributed by atoms with Crippen LogP contribution in [0.1, 0.15) is 20.3 Å². The van der Waals surface area contributed by atoms with Gasteiger partial charge in [-0.05, 0) is 26.3 Å². The Bertz CT molecular complexity index is 296. The van der Waals surface area contributed by atoms with Crippen molar-refractivity contribution in [3.8, 4) is 0 Å². The van der Waals surface area contributed by atoms with Gasteiger partial charge in [-0.15, -0.1) is 0 Å². The van der Waals surface area contributed by atoms with Crippen molar-refractivity contribution in [3.05, 3.63) is 24.3 Å². The normalized spacial score (nSPS) is 11.4. The molecule has 0 atom stereocenters. The van der Waals surface area contributed by atoms with Crippen LogP contribution < -0.4 is 5.32 Å². The molecule has 0 aliphatic carbocycles. The van der Waals surface area contributed by atoms with Crippen LogP contribution in [-0.2, 0) is 0 Å². The molecule has 78 valence electrons. The van der Waals surface area contributed by atoms with Crippen molar-refractivity contribution in [2.75, 3.05) is 11.9 Å². The average molecular weight is 198 g/mol. The van der Waals surface area contributed by atoms with Gasteiger partial charge < -0.3 is 10.4 Å². The highest BCUT2D eigenvalue weighted by Gasteiger charge is 2.11. The van der Waals surface area contributed by atoms with Gasteiger partial charge in [0.2, 0.25) is 5.95 Å². The van der Waals surface area contributed by atoms with Crippen LogP contribution >= 0.6 is 0 Å². The van der Waals surface area contributed by atoms with E-state index in [2.05, 4.69) is 10.3 Å². The van der Waals surface area contributed by atoms with Gasteiger partial charge >= 0.3 is 0 Å². The quantitative estimate of drug-likeness (QED) is 0.725. The number of anilines is 1. The third-order valence-electron chi connectivity index (χ3n) is 1.79. The molecule has 0 saturated carbocycles. The number of aromatic nitrogens is 1. The second-order valence-electron chi connectivity index (χ2n) is 3.86. The van der Waals surface area contributed by atoms with Gasteiger partial charge in [0.15, 0.2) is 0 Å². The van der Waals surface area contributed by atoms with Crippen molar-refractivity contribution in [3.63, 3.8) is 0 Å². The molecule has 0 unspecified atom stereocenters. The molecular formula is C10H15FN2O. The molecule has 14 heavy (non-hydrogen) atoms. The fourth-order valence-corrected chi connectivity index (χ4v) is 1.03. The maximum Gasteiger partial charge on any atom is 0.214 e. The lowest BCUT2D eigenvalue weighted by atomic mass is 10.1. The predicted molar refractivity (Wildman–Crippen MR) is 53.6 cm³/mol. The maximum absolute atomic E-state index is 12.6. The summed E-state index contributed by atoms with van der Waals surface area (Å²) in [6, 6.07) is 3.01. The van der Waals surface area contributed by atoms with Gasteiger partial charge in [-0.3, -0.25) is 0 Å². The standard InChI is InChI=1S/C10H15FN2O/c1-10(2,14)4-6-12-8-3-5-13-9(11)7-8/h3,5,7,14H,4,6H2,1-2H3,(H,12,13). The monoisotopic (exact) mass is 198 g/mol. The summed E-state index contributed by atoms with van der Waals surface area (Å²) < 4.78 is 12.6. The number of nitrogens with zero attached hydrogens (tertiary/aromatic N) is 1. The summed E-state index contributed by atoms with van der Waals surface area (Å²) in [6.45, 7) is 4.08. The van der Waals surface area contributed by atoms with E-state index >= 15 is 0 Å². The Morgan fingerprint density at radius 1 is 1.57 bits per heavy atom. The van der Waals surface area contributed by atoms with E-state index in [-0.39, 0.29) is 0 Å². The summed E-state index contributed by atoms with van der Waals surface area (Å²) >= 11 is 0. The van der Waals surface area contributed by atoms with E-state index in [1.54, 1.807) is 19.9 Å². The van der Waals surface area contributed by atoms with Crippen molar-refractivity contribution in [1.82, 2.24) is 4.98 Å². The van der Waals surface area contributed by atoms with Crippen molar-refractivity contribution < 1.29 is 9.50 Å². The molecule has 1 heterocycles. The largest absolute Gasteiger partial charge is 0.390 e. The minimum Gasteiger partial charge on any atom is -0.390 e. The molecule has 3 nitrogen and oxygen atoms in total. The molecule has 0 spiro atoms. The SMILES string of the molecule is CC(C)(O)CCNc1ccnc(F)c1. The third-order valence-corrected chi connectivity index (χ3v) is 1.79. The van der Waals surface area contributed by atoms with Crippen molar-refractivity contribution in [2.45, 2.75) is 25.9 Å². The van der Waals surface area contributed by atoms with E-state index in [4.69, 9.17) is 0 Å². The van der Waals surface area contributed by atoms with E-state index in [0.717, 1.165) is 0 Å². The number of halogens is 1. The van der Waals surface area contributed by atoms with Gasteiger partial charge in [0.05, 0.1) is 5.60 Å². The molecule has 1 aromatic rings. The first kappa shape index (κ1) is 10.9. The lowest BCUT2D eigenvalue weighted by Crippen LogP contribution is -2.22. The van der Waals surface area contributed by atoms with Gasteiger partial charge in [0.1, 0.15) is 0 Å². The summed E-state index contributed by atoms with van der Waals surface area (Å²) in [7, 11) is 0. The molecule has 1 aromatic heterocycles. The third kappa shape index (κ3) is 4.18. The van der Waals surface area contributed by atoms with Crippen LogP contribution in [0.15, 0.2) is 18.3 Å². The summed E-state index contributed by atoms with van der Waals surface area (Å²) in [5.74, 6) is -0.502. The summed E-state index contributed by atoms with van der Waals surface area (Å²) in [5, 5.41) is 12.4. The first-order chi connectivity index (χ1) is 6.47. The Morgan fingerprint density at radius 2 is 2.29 bits per heavy atom. The summed E-state index contributed by atoms with van der Waals surface area (Å²) in [5.41, 5.74) is -0.0137. The Hall–Kier alpha value is -1.16. The highest BCUT2D eigenvalue weighted by Crippen LogP contribution is 2.10. The van der Waals surface area contributed by atoms with E-state index < -0.39 is 11.5 Å². The highest BCUT2D eigenvalue weighted by atomic mass is 19.1. The molecule has 0 aromatic carbocycles. The zero-order chi connectivity index (χ0) is 10.6. The van der Waals surface area contributed by atoms with Gasteiger partial charge in [0.25, 0.3) is 0 Å². The lowest BCUT2D eigenvalue weighted by molar-refractivity contribution is 0.0749. The molecule has 0 radical (unpaired) electrons. The van der Waals surface area contributed by atoms with Crippen molar-refractivity contribution >= 4 is 5.69 Å². The van der Waals surface area contributed by atoms with Crippen LogP contribution in [-0.4, -0.2) is 22.2 Å². The minimum atomic E-state index is -0.696. The second kappa shape index (κ2) is 4.37. The van der Waals surface area contributed by atoms with Crippen molar-refractivity contribution in [2.24, 2.45) is 0 Å². The zero-order valence-corrected chi connectivity index (χ0v) is 8.42. The lowest BCUT2D eigenvalue weighted by Gasteiger charge is -2.17.